The average molecular weight is 226 g/mol. The van der Waals surface area contributed by atoms with Crippen LogP contribution in [0.15, 0.2) is 12.3 Å². The van der Waals surface area contributed by atoms with Crippen LogP contribution in [0.3, 0.4) is 0 Å². The first kappa shape index (κ1) is 11.1. The summed E-state index contributed by atoms with van der Waals surface area (Å²) >= 11 is 5.58. The quantitative estimate of drug-likeness (QED) is 0.722. The van der Waals surface area contributed by atoms with Crippen molar-refractivity contribution in [2.45, 2.75) is 13.1 Å². The maximum atomic E-state index is 11.7. The van der Waals surface area contributed by atoms with Gasteiger partial charge < -0.3 is 4.74 Å². The number of hydrogen-bond acceptors (Lipinski definition) is 2. The number of aryl methyl sites for hydroxylation is 1. The number of pyridine rings is 1. The lowest BCUT2D eigenvalue weighted by molar-refractivity contribution is -0.153. The van der Waals surface area contributed by atoms with Crippen LogP contribution in [0.4, 0.5) is 13.2 Å². The van der Waals surface area contributed by atoms with Gasteiger partial charge in [0.25, 0.3) is 0 Å². The largest absolute Gasteiger partial charge is 0.482 e. The molecule has 0 atom stereocenters. The van der Waals surface area contributed by atoms with Crippen molar-refractivity contribution in [2.75, 3.05) is 6.61 Å². The summed E-state index contributed by atoms with van der Waals surface area (Å²) in [5, 5.41) is 0.254. The van der Waals surface area contributed by atoms with Gasteiger partial charge in [-0.1, -0.05) is 11.6 Å². The van der Waals surface area contributed by atoms with Crippen LogP contribution >= 0.6 is 11.6 Å². The number of aromatic nitrogens is 1. The van der Waals surface area contributed by atoms with Gasteiger partial charge in [0.05, 0.1) is 6.20 Å². The zero-order chi connectivity index (χ0) is 10.8. The Morgan fingerprint density at radius 3 is 2.64 bits per heavy atom. The van der Waals surface area contributed by atoms with Crippen molar-refractivity contribution in [3.05, 3.63) is 23.0 Å². The van der Waals surface area contributed by atoms with Gasteiger partial charge in [-0.2, -0.15) is 13.2 Å². The molecule has 0 aliphatic rings. The third-order valence-electron chi connectivity index (χ3n) is 1.39. The summed E-state index contributed by atoms with van der Waals surface area (Å²) in [7, 11) is 0. The van der Waals surface area contributed by atoms with E-state index in [4.69, 9.17) is 11.6 Å². The van der Waals surface area contributed by atoms with E-state index in [0.29, 0.717) is 5.56 Å². The molecule has 0 aromatic carbocycles. The summed E-state index contributed by atoms with van der Waals surface area (Å²) in [4.78, 5) is 3.65. The normalized spacial score (nSPS) is 11.5. The second kappa shape index (κ2) is 4.04. The molecule has 0 spiro atoms. The molecular formula is C8H7ClF3NO. The van der Waals surface area contributed by atoms with E-state index in [1.54, 1.807) is 6.92 Å². The van der Waals surface area contributed by atoms with Gasteiger partial charge in [0, 0.05) is 0 Å². The van der Waals surface area contributed by atoms with E-state index in [-0.39, 0.29) is 10.9 Å². The number of rotatable bonds is 2. The number of alkyl halides is 3. The number of halogens is 4. The Morgan fingerprint density at radius 1 is 1.50 bits per heavy atom. The van der Waals surface area contributed by atoms with E-state index in [0.717, 1.165) is 6.20 Å². The SMILES string of the molecule is Cc1cc(OCC(F)(F)F)cnc1Cl. The highest BCUT2D eigenvalue weighted by Crippen LogP contribution is 2.21. The van der Waals surface area contributed by atoms with Crippen molar-refractivity contribution in [3.8, 4) is 5.75 Å². The van der Waals surface area contributed by atoms with Crippen molar-refractivity contribution in [1.82, 2.24) is 4.98 Å². The van der Waals surface area contributed by atoms with Crippen molar-refractivity contribution in [2.24, 2.45) is 0 Å². The predicted octanol–water partition coefficient (Wildman–Crippen LogP) is 2.98. The van der Waals surface area contributed by atoms with Gasteiger partial charge in [0.1, 0.15) is 10.9 Å². The lowest BCUT2D eigenvalue weighted by Crippen LogP contribution is -2.19. The van der Waals surface area contributed by atoms with Gasteiger partial charge in [0.15, 0.2) is 6.61 Å². The third-order valence-corrected chi connectivity index (χ3v) is 1.79. The molecule has 1 aromatic rings. The zero-order valence-electron chi connectivity index (χ0n) is 7.23. The van der Waals surface area contributed by atoms with Gasteiger partial charge in [-0.3, -0.25) is 0 Å². The molecule has 0 aliphatic carbocycles. The number of ether oxygens (including phenoxy) is 1. The molecule has 0 N–H and O–H groups in total. The highest BCUT2D eigenvalue weighted by atomic mass is 35.5. The standard InChI is InChI=1S/C8H7ClF3NO/c1-5-2-6(3-13-7(5)9)14-4-8(10,11)12/h2-3H,4H2,1H3. The monoisotopic (exact) mass is 225 g/mol. The molecule has 78 valence electrons. The molecule has 2 nitrogen and oxygen atoms in total. The smallest absolute Gasteiger partial charge is 0.422 e. The van der Waals surface area contributed by atoms with Crippen LogP contribution in [0, 0.1) is 6.92 Å². The van der Waals surface area contributed by atoms with E-state index >= 15 is 0 Å². The van der Waals surface area contributed by atoms with Crippen molar-refractivity contribution < 1.29 is 17.9 Å². The Balaban J connectivity index is 2.65. The first-order valence-corrected chi connectivity index (χ1v) is 4.08. The van der Waals surface area contributed by atoms with Crippen LogP contribution in [0.1, 0.15) is 5.56 Å². The Bertz CT molecular complexity index is 327. The Hall–Kier alpha value is -0.970. The topological polar surface area (TPSA) is 22.1 Å². The van der Waals surface area contributed by atoms with Crippen molar-refractivity contribution >= 4 is 11.6 Å². The molecule has 6 heteroatoms. The third kappa shape index (κ3) is 3.41. The fourth-order valence-corrected chi connectivity index (χ4v) is 0.880. The van der Waals surface area contributed by atoms with Crippen LogP contribution in [-0.2, 0) is 0 Å². The van der Waals surface area contributed by atoms with Gasteiger partial charge in [0.2, 0.25) is 0 Å². The minimum atomic E-state index is -4.34. The van der Waals surface area contributed by atoms with E-state index in [1.807, 2.05) is 0 Å². The molecule has 0 aliphatic heterocycles. The Labute approximate surface area is 83.7 Å². The first-order valence-electron chi connectivity index (χ1n) is 3.70. The number of nitrogens with zero attached hydrogens (tertiary/aromatic N) is 1. The first-order chi connectivity index (χ1) is 6.38. The Morgan fingerprint density at radius 2 is 2.14 bits per heavy atom. The molecule has 0 bridgehead atoms. The van der Waals surface area contributed by atoms with Crippen molar-refractivity contribution in [1.29, 1.82) is 0 Å². The summed E-state index contributed by atoms with van der Waals surface area (Å²) in [6.45, 7) is 0.311. The van der Waals surface area contributed by atoms with Gasteiger partial charge in [-0.05, 0) is 18.6 Å². The molecule has 0 fully saturated rings. The Kier molecular flexibility index (Phi) is 3.21. The van der Waals surface area contributed by atoms with Gasteiger partial charge in [-0.25, -0.2) is 4.98 Å². The van der Waals surface area contributed by atoms with Crippen LogP contribution in [0.2, 0.25) is 5.15 Å². The molecule has 0 radical (unpaired) electrons. The molecule has 0 unspecified atom stereocenters. The molecule has 1 aromatic heterocycles. The molecule has 0 saturated heterocycles. The second-order valence-electron chi connectivity index (χ2n) is 2.68. The van der Waals surface area contributed by atoms with Crippen LogP contribution < -0.4 is 4.74 Å². The van der Waals surface area contributed by atoms with E-state index in [9.17, 15) is 13.2 Å². The van der Waals surface area contributed by atoms with Crippen molar-refractivity contribution in [3.63, 3.8) is 0 Å². The summed E-state index contributed by atoms with van der Waals surface area (Å²) in [5.74, 6) is 0.0595. The predicted molar refractivity (Wildman–Crippen MR) is 45.5 cm³/mol. The second-order valence-corrected chi connectivity index (χ2v) is 3.04. The zero-order valence-corrected chi connectivity index (χ0v) is 7.99. The lowest BCUT2D eigenvalue weighted by Gasteiger charge is -2.09. The lowest BCUT2D eigenvalue weighted by atomic mass is 10.3. The summed E-state index contributed by atoms with van der Waals surface area (Å²) in [6, 6.07) is 1.40. The molecule has 0 amide bonds. The number of hydrogen-bond donors (Lipinski definition) is 0. The molecule has 0 saturated carbocycles. The molecular weight excluding hydrogens is 219 g/mol. The summed E-state index contributed by atoms with van der Waals surface area (Å²) in [6.07, 6.45) is -3.19. The van der Waals surface area contributed by atoms with Gasteiger partial charge >= 0.3 is 6.18 Å². The minimum absolute atomic E-state index is 0.0595. The van der Waals surface area contributed by atoms with Crippen LogP contribution in [0.25, 0.3) is 0 Å². The fourth-order valence-electron chi connectivity index (χ4n) is 0.776. The molecule has 14 heavy (non-hydrogen) atoms. The summed E-state index contributed by atoms with van der Waals surface area (Å²) < 4.78 is 39.7. The van der Waals surface area contributed by atoms with E-state index < -0.39 is 12.8 Å². The maximum Gasteiger partial charge on any atom is 0.422 e. The molecule has 1 rings (SSSR count). The summed E-state index contributed by atoms with van der Waals surface area (Å²) in [5.41, 5.74) is 0.575. The minimum Gasteiger partial charge on any atom is -0.482 e. The molecule has 1 heterocycles. The fraction of sp³-hybridized carbons (Fsp3) is 0.375. The highest BCUT2D eigenvalue weighted by molar-refractivity contribution is 6.30. The average Bonchev–Trinajstić information content (AvgIpc) is 2.06. The van der Waals surface area contributed by atoms with E-state index in [1.165, 1.54) is 6.07 Å². The van der Waals surface area contributed by atoms with Crippen LogP contribution in [0.5, 0.6) is 5.75 Å². The highest BCUT2D eigenvalue weighted by Gasteiger charge is 2.28. The van der Waals surface area contributed by atoms with Gasteiger partial charge in [-0.15, -0.1) is 0 Å². The maximum absolute atomic E-state index is 11.7. The van der Waals surface area contributed by atoms with E-state index in [2.05, 4.69) is 9.72 Å². The van der Waals surface area contributed by atoms with Crippen LogP contribution in [-0.4, -0.2) is 17.8 Å².